The first kappa shape index (κ1) is 24.1. The molecule has 2 aromatic carbocycles. The van der Waals surface area contributed by atoms with Gasteiger partial charge in [0.15, 0.2) is 0 Å². The quantitative estimate of drug-likeness (QED) is 0.432. The average Bonchev–Trinajstić information content (AvgIpc) is 3.36. The van der Waals surface area contributed by atoms with Gasteiger partial charge in [-0.15, -0.1) is 0 Å². The van der Waals surface area contributed by atoms with Gasteiger partial charge in [-0.3, -0.25) is 15.4 Å². The smallest absolute Gasteiger partial charge is 0.413 e. The van der Waals surface area contributed by atoms with Crippen LogP contribution in [-0.4, -0.2) is 38.3 Å². The van der Waals surface area contributed by atoms with E-state index in [1.807, 2.05) is 42.5 Å². The Morgan fingerprint density at radius 3 is 2.15 bits per heavy atom. The maximum Gasteiger partial charge on any atom is 0.413 e. The van der Waals surface area contributed by atoms with E-state index in [9.17, 15) is 14.4 Å². The van der Waals surface area contributed by atoms with Crippen molar-refractivity contribution in [1.82, 2.24) is 10.6 Å². The Kier molecular flexibility index (Phi) is 8.71. The molecule has 1 saturated carbocycles. The van der Waals surface area contributed by atoms with Crippen LogP contribution in [0.5, 0.6) is 0 Å². The molecule has 0 aliphatic heterocycles. The summed E-state index contributed by atoms with van der Waals surface area (Å²) < 4.78 is 9.17. The minimum atomic E-state index is -0.821. The maximum absolute atomic E-state index is 12.8. The molecule has 10 heteroatoms. The first-order valence-corrected chi connectivity index (χ1v) is 11.3. The molecule has 0 spiro atoms. The van der Waals surface area contributed by atoms with Gasteiger partial charge in [0.2, 0.25) is 11.9 Å². The van der Waals surface area contributed by atoms with Gasteiger partial charge in [-0.25, -0.2) is 14.6 Å². The van der Waals surface area contributed by atoms with Crippen LogP contribution in [0.2, 0.25) is 0 Å². The normalized spacial score (nSPS) is 13.0. The molecular weight excluding hydrogens is 444 g/mol. The molecule has 3 amide bonds. The van der Waals surface area contributed by atoms with Gasteiger partial charge in [-0.1, -0.05) is 42.8 Å². The van der Waals surface area contributed by atoms with Gasteiger partial charge < -0.3 is 14.8 Å². The molecule has 0 unspecified atom stereocenters. The number of hydrogen-bond acceptors (Lipinski definition) is 7. The summed E-state index contributed by atoms with van der Waals surface area (Å²) >= 11 is 1.54. The van der Waals surface area contributed by atoms with E-state index >= 15 is 0 Å². The van der Waals surface area contributed by atoms with E-state index in [1.54, 1.807) is 6.07 Å². The Morgan fingerprint density at radius 2 is 1.55 bits per heavy atom. The second kappa shape index (κ2) is 11.9. The van der Waals surface area contributed by atoms with Crippen molar-refractivity contribution < 1.29 is 23.9 Å². The first-order valence-electron chi connectivity index (χ1n) is 10.4. The largest absolute Gasteiger partial charge is 0.453 e. The van der Waals surface area contributed by atoms with Gasteiger partial charge in [-0.2, -0.15) is 0 Å². The van der Waals surface area contributed by atoms with E-state index < -0.39 is 12.2 Å². The summed E-state index contributed by atoms with van der Waals surface area (Å²) in [7, 11) is 2.38. The lowest BCUT2D eigenvalue weighted by Gasteiger charge is -2.15. The molecule has 3 N–H and O–H groups in total. The monoisotopic (exact) mass is 470 g/mol. The predicted molar refractivity (Wildman–Crippen MR) is 126 cm³/mol. The van der Waals surface area contributed by atoms with Crippen molar-refractivity contribution in [2.75, 3.05) is 19.5 Å². The minimum absolute atomic E-state index is 0.0480. The second-order valence-corrected chi connectivity index (χ2v) is 8.41. The molecule has 1 fully saturated rings. The highest BCUT2D eigenvalue weighted by Crippen LogP contribution is 2.35. The van der Waals surface area contributed by atoms with Crippen LogP contribution in [-0.2, 0) is 14.3 Å². The van der Waals surface area contributed by atoms with Crippen molar-refractivity contribution >= 4 is 47.2 Å². The van der Waals surface area contributed by atoms with Gasteiger partial charge in [0.1, 0.15) is 0 Å². The minimum Gasteiger partial charge on any atom is -0.453 e. The number of amides is 3. The molecule has 9 nitrogen and oxygen atoms in total. The molecule has 3 rings (SSSR count). The molecule has 1 aliphatic carbocycles. The summed E-state index contributed by atoms with van der Waals surface area (Å²) in [5.74, 6) is -0.323. The number of carbonyl (C=O) groups excluding carboxylic acids is 3. The van der Waals surface area contributed by atoms with Crippen molar-refractivity contribution in [2.24, 2.45) is 10.9 Å². The Morgan fingerprint density at radius 1 is 0.909 bits per heavy atom. The van der Waals surface area contributed by atoms with Gasteiger partial charge in [0.05, 0.1) is 25.6 Å². The van der Waals surface area contributed by atoms with Crippen LogP contribution in [0.15, 0.2) is 63.3 Å². The lowest BCUT2D eigenvalue weighted by molar-refractivity contribution is -0.119. The van der Waals surface area contributed by atoms with Gasteiger partial charge in [0, 0.05) is 15.7 Å². The average molecular weight is 471 g/mol. The number of nitrogens with zero attached hydrogens (tertiary/aromatic N) is 1. The first-order chi connectivity index (χ1) is 16.0. The molecule has 0 aromatic heterocycles. The zero-order valence-corrected chi connectivity index (χ0v) is 19.2. The van der Waals surface area contributed by atoms with Crippen LogP contribution in [0.25, 0.3) is 0 Å². The summed E-state index contributed by atoms with van der Waals surface area (Å²) in [6.45, 7) is 0. The zero-order valence-electron chi connectivity index (χ0n) is 18.4. The van der Waals surface area contributed by atoms with Crippen molar-refractivity contribution in [3.05, 3.63) is 48.5 Å². The number of benzene rings is 2. The fourth-order valence-electron chi connectivity index (χ4n) is 3.33. The molecule has 0 saturated heterocycles. The van der Waals surface area contributed by atoms with Crippen LogP contribution in [0, 0.1) is 5.92 Å². The van der Waals surface area contributed by atoms with Gasteiger partial charge >= 0.3 is 12.2 Å². The molecule has 33 heavy (non-hydrogen) atoms. The summed E-state index contributed by atoms with van der Waals surface area (Å²) in [5, 5.41) is 7.63. The third kappa shape index (κ3) is 7.25. The number of anilines is 1. The van der Waals surface area contributed by atoms with Crippen molar-refractivity contribution in [3.63, 3.8) is 0 Å². The van der Waals surface area contributed by atoms with Gasteiger partial charge in [-0.05, 0) is 43.2 Å². The summed E-state index contributed by atoms with van der Waals surface area (Å²) in [4.78, 5) is 42.5. The number of carbonyl (C=O) groups is 3. The number of alkyl carbamates (subject to hydrolysis) is 2. The number of nitrogens with one attached hydrogen (secondary N) is 3. The highest BCUT2D eigenvalue weighted by Gasteiger charge is 2.23. The summed E-state index contributed by atoms with van der Waals surface area (Å²) in [5.41, 5.74) is 0.810. The molecular formula is C23H26N4O5S. The van der Waals surface area contributed by atoms with E-state index in [0.717, 1.165) is 35.5 Å². The zero-order chi connectivity index (χ0) is 23.6. The number of guanidine groups is 1. The fraction of sp³-hybridized carbons (Fsp3) is 0.304. The molecule has 1 aliphatic rings. The lowest BCUT2D eigenvalue weighted by atomic mass is 10.1. The molecule has 2 aromatic rings. The van der Waals surface area contributed by atoms with Crippen molar-refractivity contribution in [1.29, 1.82) is 0 Å². The predicted octanol–water partition coefficient (Wildman–Crippen LogP) is 4.67. The molecule has 0 radical (unpaired) electrons. The van der Waals surface area contributed by atoms with E-state index in [-0.39, 0.29) is 17.8 Å². The number of methoxy groups -OCH3 is 2. The SMILES string of the molecule is COC(=O)NC(=Nc1ccc(Sc2ccccc2)cc1NC(=O)C1CCCC1)NC(=O)OC. The van der Waals surface area contributed by atoms with Gasteiger partial charge in [0.25, 0.3) is 0 Å². The summed E-state index contributed by atoms with van der Waals surface area (Å²) in [6.07, 6.45) is 2.12. The number of ether oxygens (including phenoxy) is 2. The second-order valence-electron chi connectivity index (χ2n) is 7.26. The summed E-state index contributed by atoms with van der Waals surface area (Å²) in [6, 6.07) is 15.2. The van der Waals surface area contributed by atoms with E-state index in [1.165, 1.54) is 26.0 Å². The number of hydrogen-bond donors (Lipinski definition) is 3. The van der Waals surface area contributed by atoms with Crippen LogP contribution in [0.4, 0.5) is 21.0 Å². The van der Waals surface area contributed by atoms with Crippen molar-refractivity contribution in [3.8, 4) is 0 Å². The molecule has 0 atom stereocenters. The highest BCUT2D eigenvalue weighted by molar-refractivity contribution is 7.99. The topological polar surface area (TPSA) is 118 Å². The molecule has 0 bridgehead atoms. The number of aliphatic imine (C=N–C) groups is 1. The standard InChI is InChI=1S/C23H26N4O5S/c1-31-22(29)26-21(27-23(30)32-2)25-18-13-12-17(33-16-10-4-3-5-11-16)14-19(18)24-20(28)15-8-6-7-9-15/h3-5,10-15H,6-9H2,1-2H3,(H,24,28)(H2,25,26,27,29,30). The van der Waals surface area contributed by atoms with Crippen LogP contribution in [0.3, 0.4) is 0 Å². The Balaban J connectivity index is 1.93. The van der Waals surface area contributed by atoms with Crippen molar-refractivity contribution in [2.45, 2.75) is 35.5 Å². The van der Waals surface area contributed by atoms with Crippen LogP contribution >= 0.6 is 11.8 Å². The third-order valence-corrected chi connectivity index (χ3v) is 5.97. The van der Waals surface area contributed by atoms with Crippen LogP contribution in [0.1, 0.15) is 25.7 Å². The Hall–Kier alpha value is -3.53. The number of rotatable bonds is 5. The Labute approximate surface area is 196 Å². The van der Waals surface area contributed by atoms with E-state index in [4.69, 9.17) is 0 Å². The maximum atomic E-state index is 12.8. The molecule has 0 heterocycles. The third-order valence-electron chi connectivity index (χ3n) is 4.97. The van der Waals surface area contributed by atoms with Crippen LogP contribution < -0.4 is 16.0 Å². The lowest BCUT2D eigenvalue weighted by Crippen LogP contribution is -2.43. The highest BCUT2D eigenvalue weighted by atomic mass is 32.2. The molecule has 174 valence electrons. The van der Waals surface area contributed by atoms with E-state index in [0.29, 0.717) is 11.4 Å². The van der Waals surface area contributed by atoms with E-state index in [2.05, 4.69) is 30.4 Å². The fourth-order valence-corrected chi connectivity index (χ4v) is 4.20. The Bertz CT molecular complexity index is 1000.